The third kappa shape index (κ3) is 4.07. The van der Waals surface area contributed by atoms with Crippen LogP contribution in [0, 0.1) is 0 Å². The molecule has 0 bridgehead atoms. The lowest BCUT2D eigenvalue weighted by Gasteiger charge is -2.02. The molecule has 0 aliphatic carbocycles. The van der Waals surface area contributed by atoms with Gasteiger partial charge in [0.1, 0.15) is 0 Å². The Hall–Kier alpha value is -0.460. The molecule has 0 heterocycles. The fourth-order valence-corrected chi connectivity index (χ4v) is 0.715. The van der Waals surface area contributed by atoms with E-state index in [2.05, 4.69) is 6.92 Å². The summed E-state index contributed by atoms with van der Waals surface area (Å²) in [6, 6.07) is 0. The van der Waals surface area contributed by atoms with Crippen molar-refractivity contribution < 1.29 is 4.74 Å². The Balaban J connectivity index is 3.33. The first-order valence-corrected chi connectivity index (χ1v) is 3.54. The highest BCUT2D eigenvalue weighted by Gasteiger charge is 1.90. The standard InChI is InChI=1S/C8H16O/c1-4-6-7-8(5-2)9-3/h5H,4,6-7H2,1-3H3/b8-5-. The van der Waals surface area contributed by atoms with Gasteiger partial charge in [0.2, 0.25) is 0 Å². The summed E-state index contributed by atoms with van der Waals surface area (Å²) in [6.07, 6.45) is 5.58. The van der Waals surface area contributed by atoms with Crippen LogP contribution in [0.2, 0.25) is 0 Å². The molecule has 1 nitrogen and oxygen atoms in total. The van der Waals surface area contributed by atoms with Gasteiger partial charge in [-0.05, 0) is 19.4 Å². The Bertz CT molecular complexity index is 84.6. The smallest absolute Gasteiger partial charge is 0.0912 e. The topological polar surface area (TPSA) is 9.23 Å². The normalized spacial score (nSPS) is 11.7. The predicted molar refractivity (Wildman–Crippen MR) is 40.3 cm³/mol. The molecule has 0 saturated heterocycles. The van der Waals surface area contributed by atoms with Crippen LogP contribution in [0.25, 0.3) is 0 Å². The molecule has 0 aromatic heterocycles. The van der Waals surface area contributed by atoms with Crippen molar-refractivity contribution in [1.82, 2.24) is 0 Å². The van der Waals surface area contributed by atoms with Crippen molar-refractivity contribution in [3.05, 3.63) is 11.8 Å². The van der Waals surface area contributed by atoms with Crippen LogP contribution in [-0.2, 0) is 4.74 Å². The van der Waals surface area contributed by atoms with Crippen molar-refractivity contribution in [2.24, 2.45) is 0 Å². The van der Waals surface area contributed by atoms with Gasteiger partial charge in [-0.15, -0.1) is 0 Å². The Morgan fingerprint density at radius 3 is 2.56 bits per heavy atom. The van der Waals surface area contributed by atoms with Crippen LogP contribution < -0.4 is 0 Å². The Labute approximate surface area is 57.7 Å². The molecule has 0 spiro atoms. The molecule has 54 valence electrons. The molecule has 0 N–H and O–H groups in total. The molecule has 0 amide bonds. The lowest BCUT2D eigenvalue weighted by atomic mass is 10.2. The molecule has 0 aliphatic rings. The Morgan fingerprint density at radius 1 is 1.56 bits per heavy atom. The second-order valence-electron chi connectivity index (χ2n) is 2.06. The summed E-state index contributed by atoms with van der Waals surface area (Å²) in [6.45, 7) is 4.19. The van der Waals surface area contributed by atoms with E-state index in [-0.39, 0.29) is 0 Å². The third-order valence-electron chi connectivity index (χ3n) is 1.36. The molecule has 0 aliphatic heterocycles. The van der Waals surface area contributed by atoms with Crippen LogP contribution >= 0.6 is 0 Å². The third-order valence-corrected chi connectivity index (χ3v) is 1.36. The van der Waals surface area contributed by atoms with E-state index in [0.29, 0.717) is 0 Å². The van der Waals surface area contributed by atoms with Gasteiger partial charge in [-0.1, -0.05) is 13.3 Å². The van der Waals surface area contributed by atoms with E-state index in [1.807, 2.05) is 13.0 Å². The molecule has 1 heteroatoms. The number of hydrogen-bond acceptors (Lipinski definition) is 1. The van der Waals surface area contributed by atoms with Gasteiger partial charge in [-0.2, -0.15) is 0 Å². The minimum Gasteiger partial charge on any atom is -0.501 e. The first-order valence-electron chi connectivity index (χ1n) is 3.54. The zero-order chi connectivity index (χ0) is 7.11. The molecule has 0 unspecified atom stereocenters. The molecule has 0 rings (SSSR count). The molecule has 0 radical (unpaired) electrons. The van der Waals surface area contributed by atoms with Gasteiger partial charge < -0.3 is 4.74 Å². The highest BCUT2D eigenvalue weighted by Crippen LogP contribution is 2.06. The number of ether oxygens (including phenoxy) is 1. The van der Waals surface area contributed by atoms with Crippen molar-refractivity contribution in [3.8, 4) is 0 Å². The summed E-state index contributed by atoms with van der Waals surface area (Å²) >= 11 is 0. The maximum atomic E-state index is 5.06. The summed E-state index contributed by atoms with van der Waals surface area (Å²) < 4.78 is 5.06. The van der Waals surface area contributed by atoms with E-state index in [9.17, 15) is 0 Å². The van der Waals surface area contributed by atoms with E-state index >= 15 is 0 Å². The van der Waals surface area contributed by atoms with Crippen LogP contribution in [0.4, 0.5) is 0 Å². The van der Waals surface area contributed by atoms with Crippen LogP contribution in [0.1, 0.15) is 33.1 Å². The number of hydrogen-bond donors (Lipinski definition) is 0. The summed E-state index contributed by atoms with van der Waals surface area (Å²) in [5, 5.41) is 0. The number of methoxy groups -OCH3 is 1. The zero-order valence-electron chi connectivity index (χ0n) is 6.61. The van der Waals surface area contributed by atoms with Gasteiger partial charge in [0.05, 0.1) is 12.9 Å². The SMILES string of the molecule is C/C=C(/CCCC)OC. The summed E-state index contributed by atoms with van der Waals surface area (Å²) in [5.41, 5.74) is 0. The van der Waals surface area contributed by atoms with Crippen molar-refractivity contribution in [3.63, 3.8) is 0 Å². The van der Waals surface area contributed by atoms with Crippen molar-refractivity contribution in [2.45, 2.75) is 33.1 Å². The average Bonchev–Trinajstić information content (AvgIpc) is 1.91. The summed E-state index contributed by atoms with van der Waals surface area (Å²) in [4.78, 5) is 0. The first kappa shape index (κ1) is 8.54. The zero-order valence-corrected chi connectivity index (χ0v) is 6.61. The van der Waals surface area contributed by atoms with Gasteiger partial charge in [0, 0.05) is 6.42 Å². The van der Waals surface area contributed by atoms with Gasteiger partial charge in [-0.3, -0.25) is 0 Å². The van der Waals surface area contributed by atoms with Crippen LogP contribution in [0.5, 0.6) is 0 Å². The second-order valence-corrected chi connectivity index (χ2v) is 2.06. The van der Waals surface area contributed by atoms with Crippen LogP contribution in [0.15, 0.2) is 11.8 Å². The average molecular weight is 128 g/mol. The second kappa shape index (κ2) is 5.67. The molecule has 0 saturated carbocycles. The van der Waals surface area contributed by atoms with Crippen LogP contribution in [-0.4, -0.2) is 7.11 Å². The molecular formula is C8H16O. The highest BCUT2D eigenvalue weighted by molar-refractivity contribution is 4.89. The predicted octanol–water partition coefficient (Wildman–Crippen LogP) is 2.73. The maximum absolute atomic E-state index is 5.06. The summed E-state index contributed by atoms with van der Waals surface area (Å²) in [7, 11) is 1.73. The van der Waals surface area contributed by atoms with Gasteiger partial charge in [0.15, 0.2) is 0 Å². The van der Waals surface area contributed by atoms with E-state index in [4.69, 9.17) is 4.74 Å². The van der Waals surface area contributed by atoms with Gasteiger partial charge >= 0.3 is 0 Å². The number of unbranched alkanes of at least 4 members (excludes halogenated alkanes) is 1. The fraction of sp³-hybridized carbons (Fsp3) is 0.750. The van der Waals surface area contributed by atoms with Gasteiger partial charge in [0.25, 0.3) is 0 Å². The molecule has 9 heavy (non-hydrogen) atoms. The van der Waals surface area contributed by atoms with Crippen molar-refractivity contribution in [2.75, 3.05) is 7.11 Å². The largest absolute Gasteiger partial charge is 0.501 e. The summed E-state index contributed by atoms with van der Waals surface area (Å²) in [5.74, 6) is 1.11. The Kier molecular flexibility index (Phi) is 5.38. The van der Waals surface area contributed by atoms with Crippen molar-refractivity contribution in [1.29, 1.82) is 0 Å². The lowest BCUT2D eigenvalue weighted by molar-refractivity contribution is 0.274. The quantitative estimate of drug-likeness (QED) is 0.529. The fourth-order valence-electron chi connectivity index (χ4n) is 0.715. The molecule has 0 atom stereocenters. The van der Waals surface area contributed by atoms with Gasteiger partial charge in [-0.25, -0.2) is 0 Å². The number of allylic oxidation sites excluding steroid dienone is 2. The van der Waals surface area contributed by atoms with E-state index < -0.39 is 0 Å². The maximum Gasteiger partial charge on any atom is 0.0912 e. The molecule has 0 fully saturated rings. The first-order chi connectivity index (χ1) is 4.35. The van der Waals surface area contributed by atoms with E-state index in [1.54, 1.807) is 7.11 Å². The molecule has 0 aromatic rings. The van der Waals surface area contributed by atoms with Crippen LogP contribution in [0.3, 0.4) is 0 Å². The van der Waals surface area contributed by atoms with Crippen molar-refractivity contribution >= 4 is 0 Å². The lowest BCUT2D eigenvalue weighted by Crippen LogP contribution is -1.85. The minimum absolute atomic E-state index is 1.09. The van der Waals surface area contributed by atoms with E-state index in [1.165, 1.54) is 12.8 Å². The molecular weight excluding hydrogens is 112 g/mol. The Morgan fingerprint density at radius 2 is 2.22 bits per heavy atom. The minimum atomic E-state index is 1.09. The number of rotatable bonds is 4. The monoisotopic (exact) mass is 128 g/mol. The molecule has 0 aromatic carbocycles. The highest BCUT2D eigenvalue weighted by atomic mass is 16.5. The van der Waals surface area contributed by atoms with E-state index in [0.717, 1.165) is 12.2 Å².